The van der Waals surface area contributed by atoms with Crippen LogP contribution in [0.4, 0.5) is 0 Å². The average Bonchev–Trinajstić information content (AvgIpc) is 3.40. The van der Waals surface area contributed by atoms with Gasteiger partial charge in [-0.1, -0.05) is 163 Å². The third kappa shape index (κ3) is 6.22. The molecule has 2 aliphatic rings. The van der Waals surface area contributed by atoms with Crippen molar-refractivity contribution in [2.24, 2.45) is 0 Å². The molecule has 5 atom stereocenters. The van der Waals surface area contributed by atoms with Gasteiger partial charge in [-0.25, -0.2) is 0 Å². The number of Topliss-reactive ketones (excluding diaryl/α,β-unsaturated/α-hetero) is 1. The molecule has 8 heteroatoms. The Hall–Kier alpha value is -3.22. The molecule has 0 aromatic heterocycles. The minimum Gasteiger partial charge on any atom is -0.399 e. The van der Waals surface area contributed by atoms with Crippen LogP contribution in [-0.4, -0.2) is 63.8 Å². The summed E-state index contributed by atoms with van der Waals surface area (Å²) >= 11 is 0. The molecular weight excluding hydrogens is 645 g/mol. The van der Waals surface area contributed by atoms with Crippen LogP contribution in [0.5, 0.6) is 0 Å². The molecule has 1 aliphatic carbocycles. The van der Waals surface area contributed by atoms with Crippen LogP contribution < -0.4 is 20.7 Å². The number of rotatable bonds is 8. The van der Waals surface area contributed by atoms with E-state index >= 15 is 0 Å². The monoisotopic (exact) mass is 694 g/mol. The lowest BCUT2D eigenvalue weighted by Gasteiger charge is -2.50. The van der Waals surface area contributed by atoms with Crippen LogP contribution in [0.2, 0.25) is 10.1 Å². The zero-order valence-electron chi connectivity index (χ0n) is 29.9. The fraction of sp³-hybridized carbons (Fsp3) is 0.390. The number of hydrogen-bond donors (Lipinski definition) is 1. The highest BCUT2D eigenvalue weighted by Crippen LogP contribution is 2.46. The third-order valence-electron chi connectivity index (χ3n) is 10.1. The lowest BCUT2D eigenvalue weighted by molar-refractivity contribution is -0.163. The zero-order chi connectivity index (χ0) is 35.2. The van der Waals surface area contributed by atoms with Gasteiger partial charge in [0.05, 0.1) is 0 Å². The number of benzene rings is 4. The molecule has 0 unspecified atom stereocenters. The first-order valence-corrected chi connectivity index (χ1v) is 21.1. The number of hydrogen-bond acceptors (Lipinski definition) is 6. The van der Waals surface area contributed by atoms with Crippen LogP contribution in [0, 0.1) is 0 Å². The van der Waals surface area contributed by atoms with E-state index in [0.717, 1.165) is 20.7 Å². The SMILES string of the molecule is CC1(C)O[C@H]2[C@H](O[Si](c3ccccc3)(c3ccccc3)C(C)(C)C)[C@H](O)C(=O)[C@H](O[Si](c3ccccc3)(c3ccccc3)C(C)(C)C)[C@H]2O1. The fourth-order valence-electron chi connectivity index (χ4n) is 8.01. The van der Waals surface area contributed by atoms with E-state index < -0.39 is 63.8 Å². The summed E-state index contributed by atoms with van der Waals surface area (Å²) in [6, 6.07) is 40.9. The first-order valence-electron chi connectivity index (χ1n) is 17.3. The van der Waals surface area contributed by atoms with Gasteiger partial charge in [-0.3, -0.25) is 4.79 Å². The van der Waals surface area contributed by atoms with Crippen molar-refractivity contribution in [3.63, 3.8) is 0 Å². The van der Waals surface area contributed by atoms with E-state index in [4.69, 9.17) is 18.3 Å². The third-order valence-corrected chi connectivity index (χ3v) is 20.2. The second-order valence-electron chi connectivity index (χ2n) is 15.9. The summed E-state index contributed by atoms with van der Waals surface area (Å²) in [7, 11) is -6.42. The molecule has 1 saturated carbocycles. The molecule has 1 N–H and O–H groups in total. The van der Waals surface area contributed by atoms with E-state index in [-0.39, 0.29) is 5.04 Å². The molecule has 0 radical (unpaired) electrons. The van der Waals surface area contributed by atoms with Crippen LogP contribution in [0.1, 0.15) is 55.4 Å². The summed E-state index contributed by atoms with van der Waals surface area (Å²) < 4.78 is 28.1. The number of ketones is 1. The van der Waals surface area contributed by atoms with Crippen molar-refractivity contribution in [2.75, 3.05) is 0 Å². The first-order chi connectivity index (χ1) is 23.1. The number of carbonyl (C=O) groups excluding carboxylic acids is 1. The quantitative estimate of drug-likeness (QED) is 0.251. The van der Waals surface area contributed by atoms with Crippen LogP contribution in [0.3, 0.4) is 0 Å². The second kappa shape index (κ2) is 13.2. The van der Waals surface area contributed by atoms with Crippen LogP contribution in [0.25, 0.3) is 0 Å². The van der Waals surface area contributed by atoms with Gasteiger partial charge in [0.25, 0.3) is 16.6 Å². The molecule has 1 saturated heterocycles. The molecule has 2 fully saturated rings. The zero-order valence-corrected chi connectivity index (χ0v) is 31.9. The number of aliphatic hydroxyl groups is 1. The van der Waals surface area contributed by atoms with Gasteiger partial charge in [-0.2, -0.15) is 0 Å². The van der Waals surface area contributed by atoms with Crippen LogP contribution in [-0.2, 0) is 23.1 Å². The van der Waals surface area contributed by atoms with Gasteiger partial charge in [-0.05, 0) is 44.7 Å². The lowest BCUT2D eigenvalue weighted by atomic mass is 9.86. The predicted octanol–water partition coefficient (Wildman–Crippen LogP) is 5.34. The second-order valence-corrected chi connectivity index (χ2v) is 24.4. The molecule has 4 aromatic rings. The van der Waals surface area contributed by atoms with Gasteiger partial charge in [0.2, 0.25) is 0 Å². The maximum absolute atomic E-state index is 14.8. The Balaban J connectivity index is 1.50. The lowest BCUT2D eigenvalue weighted by Crippen LogP contribution is -2.74. The van der Waals surface area contributed by atoms with Crippen LogP contribution >= 0.6 is 0 Å². The molecular formula is C41H50O6Si2. The van der Waals surface area contributed by atoms with Crippen molar-refractivity contribution >= 4 is 43.2 Å². The Morgan fingerprint density at radius 2 is 0.898 bits per heavy atom. The standard InChI is InChI=1S/C41H50O6Si2/c1-39(2,3)48(29-21-13-9-14-22-29,30-23-15-10-16-24-30)46-35-33(42)34(43)36(38-37(35)44-41(7,8)45-38)47-49(40(4,5)6,31-25-17-11-18-26-31)32-27-19-12-20-28-32/h9-28,33,35-38,42H,1-8H3/t33-,35-,36+,37+,38-/m1/s1. The van der Waals surface area contributed by atoms with E-state index in [1.54, 1.807) is 0 Å². The summed E-state index contributed by atoms with van der Waals surface area (Å²) in [6.45, 7) is 16.8. The van der Waals surface area contributed by atoms with E-state index in [1.807, 2.05) is 86.6 Å². The van der Waals surface area contributed by atoms with Gasteiger partial charge >= 0.3 is 0 Å². The molecule has 6 rings (SSSR count). The maximum Gasteiger partial charge on any atom is 0.262 e. The molecule has 0 bridgehead atoms. The molecule has 1 heterocycles. The van der Waals surface area contributed by atoms with Crippen LogP contribution in [0.15, 0.2) is 121 Å². The summed E-state index contributed by atoms with van der Waals surface area (Å²) in [5, 5.41) is 15.6. The fourth-order valence-corrected chi connectivity index (χ4v) is 17.3. The highest BCUT2D eigenvalue weighted by atomic mass is 28.4. The molecule has 0 spiro atoms. The van der Waals surface area contributed by atoms with Crippen molar-refractivity contribution in [1.29, 1.82) is 0 Å². The van der Waals surface area contributed by atoms with E-state index in [2.05, 4.69) is 90.1 Å². The van der Waals surface area contributed by atoms with Crippen molar-refractivity contribution in [2.45, 2.75) is 102 Å². The van der Waals surface area contributed by atoms with Crippen molar-refractivity contribution in [3.05, 3.63) is 121 Å². The normalized spacial score (nSPS) is 24.4. The largest absolute Gasteiger partial charge is 0.399 e. The van der Waals surface area contributed by atoms with E-state index in [0.29, 0.717) is 0 Å². The van der Waals surface area contributed by atoms with Crippen molar-refractivity contribution in [3.8, 4) is 0 Å². The Morgan fingerprint density at radius 1 is 0.571 bits per heavy atom. The van der Waals surface area contributed by atoms with Crippen molar-refractivity contribution in [1.82, 2.24) is 0 Å². The van der Waals surface area contributed by atoms with Gasteiger partial charge < -0.3 is 23.4 Å². The Bertz CT molecular complexity index is 1640. The Labute approximate surface area is 293 Å². The van der Waals surface area contributed by atoms with Gasteiger partial charge in [-0.15, -0.1) is 0 Å². The Kier molecular flexibility index (Phi) is 9.56. The smallest absolute Gasteiger partial charge is 0.262 e. The summed E-state index contributed by atoms with van der Waals surface area (Å²) in [5.41, 5.74) is 0. The number of fused-ring (bicyclic) bond motifs is 1. The van der Waals surface area contributed by atoms with Gasteiger partial charge in [0.1, 0.15) is 30.5 Å². The van der Waals surface area contributed by atoms with E-state index in [1.165, 1.54) is 0 Å². The number of aliphatic hydroxyl groups excluding tert-OH is 1. The molecule has 6 nitrogen and oxygen atoms in total. The predicted molar refractivity (Wildman–Crippen MR) is 200 cm³/mol. The van der Waals surface area contributed by atoms with Gasteiger partial charge in [0.15, 0.2) is 11.6 Å². The highest BCUT2D eigenvalue weighted by Gasteiger charge is 2.64. The molecule has 0 amide bonds. The number of carbonyl (C=O) groups is 1. The summed E-state index contributed by atoms with van der Waals surface area (Å²) in [6.07, 6.45) is -5.18. The van der Waals surface area contributed by atoms with E-state index in [9.17, 15) is 9.90 Å². The summed E-state index contributed by atoms with van der Waals surface area (Å²) in [4.78, 5) is 14.8. The van der Waals surface area contributed by atoms with Crippen molar-refractivity contribution < 1.29 is 28.2 Å². The molecule has 1 aliphatic heterocycles. The first kappa shape index (κ1) is 35.6. The average molecular weight is 695 g/mol. The van der Waals surface area contributed by atoms with Gasteiger partial charge in [0, 0.05) is 0 Å². The maximum atomic E-state index is 14.8. The number of ether oxygens (including phenoxy) is 2. The molecule has 258 valence electrons. The highest BCUT2D eigenvalue weighted by molar-refractivity contribution is 7.00. The molecule has 4 aromatic carbocycles. The minimum absolute atomic E-state index is 0.384. The molecule has 49 heavy (non-hydrogen) atoms. The minimum atomic E-state index is -3.22. The topological polar surface area (TPSA) is 74.2 Å². The Morgan fingerprint density at radius 3 is 1.24 bits per heavy atom. The summed E-state index contributed by atoms with van der Waals surface area (Å²) in [5.74, 6) is -1.49.